The van der Waals surface area contributed by atoms with Crippen LogP contribution in [0.3, 0.4) is 0 Å². The third-order valence-corrected chi connectivity index (χ3v) is 12.1. The molecule has 0 aliphatic carbocycles. The molecule has 0 saturated heterocycles. The Bertz CT molecular complexity index is 2770. The van der Waals surface area contributed by atoms with Crippen LogP contribution >= 0.6 is 34.0 Å². The van der Waals surface area contributed by atoms with Crippen LogP contribution in [-0.4, -0.2) is 57.6 Å². The van der Waals surface area contributed by atoms with E-state index in [9.17, 15) is 14.4 Å². The van der Waals surface area contributed by atoms with Crippen molar-refractivity contribution in [3.05, 3.63) is 234 Å². The normalized spacial score (nSPS) is 10.4. The number of nitrogens with zero attached hydrogens (tertiary/aromatic N) is 8. The maximum Gasteiger partial charge on any atom is 0.271 e. The molecule has 3 amide bonds. The second kappa shape index (κ2) is 25.1. The molecule has 0 radical (unpaired) electrons. The van der Waals surface area contributed by atoms with E-state index in [0.29, 0.717) is 49.6 Å². The molecule has 67 heavy (non-hydrogen) atoms. The number of aromatic nitrogens is 8. The quantitative estimate of drug-likeness (QED) is 0.0897. The zero-order valence-electron chi connectivity index (χ0n) is 36.4. The smallest absolute Gasteiger partial charge is 0.271 e. The molecular formula is C50H45N11O3S3. The highest BCUT2D eigenvalue weighted by molar-refractivity contribution is 7.10. The van der Waals surface area contributed by atoms with E-state index in [1.165, 1.54) is 52.2 Å². The maximum absolute atomic E-state index is 12.2. The third kappa shape index (κ3) is 15.7. The summed E-state index contributed by atoms with van der Waals surface area (Å²) in [6.45, 7) is 3.55. The molecular weight excluding hydrogens is 899 g/mol. The maximum atomic E-state index is 12.2. The van der Waals surface area contributed by atoms with Crippen LogP contribution in [0.5, 0.6) is 0 Å². The molecule has 14 nitrogen and oxygen atoms in total. The van der Waals surface area contributed by atoms with Crippen molar-refractivity contribution in [1.29, 1.82) is 0 Å². The van der Waals surface area contributed by atoms with Crippen molar-refractivity contribution >= 4 is 51.7 Å². The monoisotopic (exact) mass is 943 g/mol. The second-order valence-corrected chi connectivity index (χ2v) is 17.5. The lowest BCUT2D eigenvalue weighted by Gasteiger charge is -2.03. The lowest BCUT2D eigenvalue weighted by molar-refractivity contribution is 0.0938. The first-order valence-electron chi connectivity index (χ1n) is 21.0. The molecule has 6 aromatic heterocycles. The minimum Gasteiger partial charge on any atom is -0.347 e. The van der Waals surface area contributed by atoms with Crippen molar-refractivity contribution in [2.45, 2.75) is 45.8 Å². The molecule has 17 heteroatoms. The molecule has 0 aliphatic rings. The number of aryl methyl sites for hydroxylation is 1. The number of hydrogen-bond acceptors (Lipinski definition) is 14. The highest BCUT2D eigenvalue weighted by atomic mass is 32.1. The van der Waals surface area contributed by atoms with Gasteiger partial charge in [-0.05, 0) is 53.4 Å². The Morgan fingerprint density at radius 1 is 0.433 bits per heavy atom. The molecule has 0 bridgehead atoms. The molecule has 3 aromatic carbocycles. The number of amides is 3. The number of carbonyl (C=O) groups is 3. The second-order valence-electron chi connectivity index (χ2n) is 14.7. The number of hydrogen-bond donors (Lipinski definition) is 3. The molecule has 6 heterocycles. The van der Waals surface area contributed by atoms with Gasteiger partial charge in [-0.2, -0.15) is 0 Å². The van der Waals surface area contributed by atoms with E-state index in [-0.39, 0.29) is 17.7 Å². The summed E-state index contributed by atoms with van der Waals surface area (Å²) in [4.78, 5) is 69.6. The number of benzene rings is 3. The van der Waals surface area contributed by atoms with Crippen LogP contribution in [-0.2, 0) is 38.9 Å². The third-order valence-electron chi connectivity index (χ3n) is 9.57. The van der Waals surface area contributed by atoms with Crippen LogP contribution < -0.4 is 16.0 Å². The summed E-state index contributed by atoms with van der Waals surface area (Å²) in [5.74, 6) is -0.453. The Labute approximate surface area is 399 Å². The molecule has 0 saturated carbocycles. The number of pyridine rings is 1. The van der Waals surface area contributed by atoms with Crippen LogP contribution in [0.15, 0.2) is 163 Å². The van der Waals surface area contributed by atoms with Gasteiger partial charge in [-0.25, -0.2) is 34.9 Å². The first-order valence-corrected chi connectivity index (χ1v) is 23.7. The van der Waals surface area contributed by atoms with Crippen LogP contribution in [0.4, 0.5) is 0 Å². The van der Waals surface area contributed by atoms with Gasteiger partial charge in [0.15, 0.2) is 0 Å². The van der Waals surface area contributed by atoms with Crippen LogP contribution in [0.2, 0.25) is 0 Å². The number of thiazole rings is 3. The van der Waals surface area contributed by atoms with E-state index < -0.39 is 0 Å². The van der Waals surface area contributed by atoms with E-state index in [2.05, 4.69) is 55.8 Å². The Balaban J connectivity index is 0.000000149. The fraction of sp³-hybridized carbons (Fsp3) is 0.140. The van der Waals surface area contributed by atoms with Crippen molar-refractivity contribution < 1.29 is 14.4 Å². The van der Waals surface area contributed by atoms with Crippen molar-refractivity contribution in [2.24, 2.45) is 0 Å². The molecule has 0 spiro atoms. The number of rotatable bonds is 15. The average Bonchev–Trinajstić information content (AvgIpc) is 4.17. The standard InChI is InChI=1S/C17H16N4OS.C17H15N3OS.C16H14N4OS/c1-12-2-4-13(5-3-12)9-19-17(22)15-10-23-16(21-15)8-14-6-7-18-11-20-14;21-17(19-11-14-4-2-1-3-5-14)15-12-22-16(20-15)10-13-6-8-18-9-7-13;21-16(18-9-12-4-2-1-3-5-12)14-10-22-15(20-14)8-13-6-7-17-11-19-13/h2-7,10-11H,8-9H2,1H3,(H,19,22);1-9,12H,10-11H2,(H,19,21);1-7,10-11H,8-9H2,(H,18,21). The Kier molecular flexibility index (Phi) is 17.7. The predicted octanol–water partition coefficient (Wildman–Crippen LogP) is 8.28. The first-order chi connectivity index (χ1) is 32.8. The summed E-state index contributed by atoms with van der Waals surface area (Å²) in [5.41, 5.74) is 8.70. The van der Waals surface area contributed by atoms with E-state index >= 15 is 0 Å². The zero-order chi connectivity index (χ0) is 46.5. The van der Waals surface area contributed by atoms with E-state index in [0.717, 1.165) is 55.1 Å². The SMILES string of the molecule is Cc1ccc(CNC(=O)c2csc(Cc3ccncn3)n2)cc1.O=C(NCc1ccccc1)c1csc(Cc2ccncc2)n1.O=C(NCc1ccccc1)c1csc(Cc2ccncn2)n1. The molecule has 9 rings (SSSR count). The highest BCUT2D eigenvalue weighted by Gasteiger charge is 2.14. The molecule has 9 aromatic rings. The van der Waals surface area contributed by atoms with E-state index in [1.54, 1.807) is 40.9 Å². The van der Waals surface area contributed by atoms with Crippen molar-refractivity contribution in [3.8, 4) is 0 Å². The molecule has 0 aliphatic heterocycles. The molecule has 0 unspecified atom stereocenters. The fourth-order valence-corrected chi connectivity index (χ4v) is 8.42. The van der Waals surface area contributed by atoms with Gasteiger partial charge >= 0.3 is 0 Å². The minimum atomic E-state index is -0.158. The minimum absolute atomic E-state index is 0.138. The van der Waals surface area contributed by atoms with Crippen molar-refractivity contribution in [3.63, 3.8) is 0 Å². The van der Waals surface area contributed by atoms with Gasteiger partial charge in [0, 0.05) is 79.8 Å². The summed E-state index contributed by atoms with van der Waals surface area (Å²) in [7, 11) is 0. The highest BCUT2D eigenvalue weighted by Crippen LogP contribution is 2.17. The molecule has 0 atom stereocenters. The first kappa shape index (κ1) is 47.2. The van der Waals surface area contributed by atoms with Gasteiger partial charge in [-0.1, -0.05) is 90.5 Å². The topological polar surface area (TPSA) is 190 Å². The molecule has 0 fully saturated rings. The van der Waals surface area contributed by atoms with Crippen LogP contribution in [0, 0.1) is 6.92 Å². The summed E-state index contributed by atoms with van der Waals surface area (Å²) in [6, 6.07) is 35.3. The summed E-state index contributed by atoms with van der Waals surface area (Å²) in [5, 5.41) is 16.7. The number of carbonyl (C=O) groups excluding carboxylic acids is 3. The summed E-state index contributed by atoms with van der Waals surface area (Å²) in [6.07, 6.45) is 11.9. The Morgan fingerprint density at radius 3 is 1.22 bits per heavy atom. The lowest BCUT2D eigenvalue weighted by Crippen LogP contribution is -2.23. The van der Waals surface area contributed by atoms with E-state index in [4.69, 9.17) is 0 Å². The zero-order valence-corrected chi connectivity index (χ0v) is 38.8. The van der Waals surface area contributed by atoms with E-state index in [1.807, 2.05) is 116 Å². The molecule has 336 valence electrons. The number of nitrogens with one attached hydrogen (secondary N) is 3. The fourth-order valence-electron chi connectivity index (χ4n) is 6.04. The molecule has 3 N–H and O–H groups in total. The lowest BCUT2D eigenvalue weighted by atomic mass is 10.1. The van der Waals surface area contributed by atoms with Crippen molar-refractivity contribution in [2.75, 3.05) is 0 Å². The Hall–Kier alpha value is -7.73. The van der Waals surface area contributed by atoms with Gasteiger partial charge in [0.2, 0.25) is 0 Å². The van der Waals surface area contributed by atoms with Crippen LogP contribution in [0.25, 0.3) is 0 Å². The van der Waals surface area contributed by atoms with Crippen LogP contribution in [0.1, 0.15) is 85.7 Å². The van der Waals surface area contributed by atoms with Gasteiger partial charge < -0.3 is 16.0 Å². The predicted molar refractivity (Wildman–Crippen MR) is 261 cm³/mol. The van der Waals surface area contributed by atoms with Crippen molar-refractivity contribution in [1.82, 2.24) is 55.8 Å². The average molecular weight is 944 g/mol. The van der Waals surface area contributed by atoms with Gasteiger partial charge in [0.05, 0.1) is 26.4 Å². The largest absolute Gasteiger partial charge is 0.347 e. The van der Waals surface area contributed by atoms with Gasteiger partial charge in [0.25, 0.3) is 17.7 Å². The van der Waals surface area contributed by atoms with Gasteiger partial charge in [0.1, 0.15) is 29.7 Å². The van der Waals surface area contributed by atoms with Gasteiger partial charge in [-0.3, -0.25) is 19.4 Å². The summed E-state index contributed by atoms with van der Waals surface area (Å²) >= 11 is 4.43. The van der Waals surface area contributed by atoms with Gasteiger partial charge in [-0.15, -0.1) is 34.0 Å². The Morgan fingerprint density at radius 2 is 0.821 bits per heavy atom. The summed E-state index contributed by atoms with van der Waals surface area (Å²) < 4.78 is 0.